The summed E-state index contributed by atoms with van der Waals surface area (Å²) < 4.78 is 0. The number of amides is 1. The molecule has 1 aliphatic heterocycles. The van der Waals surface area contributed by atoms with Crippen LogP contribution in [-0.4, -0.2) is 47.0 Å². The van der Waals surface area contributed by atoms with Crippen molar-refractivity contribution in [2.45, 2.75) is 50.5 Å². The molecule has 1 heterocycles. The number of hydrogen-bond donors (Lipinski definition) is 4. The maximum atomic E-state index is 12.5. The second-order valence-electron chi connectivity index (χ2n) is 7.55. The molecule has 4 N–H and O–H groups in total. The Bertz CT molecular complexity index is 816. The van der Waals surface area contributed by atoms with Gasteiger partial charge in [-0.3, -0.25) is 4.79 Å². The molecule has 29 heavy (non-hydrogen) atoms. The molecular formula is C22H26Cl2N2O3. The van der Waals surface area contributed by atoms with Gasteiger partial charge in [0.05, 0.1) is 18.2 Å². The van der Waals surface area contributed by atoms with Crippen molar-refractivity contribution in [1.29, 1.82) is 0 Å². The fourth-order valence-electron chi connectivity index (χ4n) is 3.59. The lowest BCUT2D eigenvalue weighted by molar-refractivity contribution is -0.125. The van der Waals surface area contributed by atoms with E-state index < -0.39 is 18.2 Å². The van der Waals surface area contributed by atoms with Gasteiger partial charge in [-0.25, -0.2) is 0 Å². The van der Waals surface area contributed by atoms with Crippen molar-refractivity contribution in [2.24, 2.45) is 0 Å². The normalized spacial score (nSPS) is 19.6. The molecule has 7 heteroatoms. The third-order valence-electron chi connectivity index (χ3n) is 5.22. The molecule has 5 nitrogen and oxygen atoms in total. The Labute approximate surface area is 181 Å². The number of hydrogen-bond acceptors (Lipinski definition) is 4. The molecule has 0 saturated carbocycles. The van der Waals surface area contributed by atoms with E-state index in [4.69, 9.17) is 23.2 Å². The quantitative estimate of drug-likeness (QED) is 0.537. The van der Waals surface area contributed by atoms with Crippen molar-refractivity contribution in [2.75, 3.05) is 6.54 Å². The van der Waals surface area contributed by atoms with E-state index >= 15 is 0 Å². The number of carbonyl (C=O) groups is 1. The molecule has 1 amide bonds. The molecule has 0 aromatic heterocycles. The first-order valence-electron chi connectivity index (χ1n) is 9.79. The van der Waals surface area contributed by atoms with E-state index in [-0.39, 0.29) is 11.9 Å². The highest BCUT2D eigenvalue weighted by atomic mass is 35.5. The largest absolute Gasteiger partial charge is 0.391 e. The summed E-state index contributed by atoms with van der Waals surface area (Å²) in [6.45, 7) is 2.33. The van der Waals surface area contributed by atoms with Crippen molar-refractivity contribution >= 4 is 29.1 Å². The summed E-state index contributed by atoms with van der Waals surface area (Å²) in [5.41, 5.74) is 2.81. The predicted octanol–water partition coefficient (Wildman–Crippen LogP) is 3.18. The molecule has 1 fully saturated rings. The Balaban J connectivity index is 1.73. The third kappa shape index (κ3) is 5.93. The second kappa shape index (κ2) is 9.92. The predicted molar refractivity (Wildman–Crippen MR) is 116 cm³/mol. The van der Waals surface area contributed by atoms with Crippen molar-refractivity contribution in [3.8, 4) is 11.1 Å². The molecule has 3 rings (SSSR count). The summed E-state index contributed by atoms with van der Waals surface area (Å²) in [7, 11) is 0. The van der Waals surface area contributed by atoms with Crippen LogP contribution >= 0.6 is 23.2 Å². The molecule has 1 aliphatic rings. The number of aliphatic hydroxyl groups excluding tert-OH is 2. The average molecular weight is 437 g/mol. The number of halogens is 2. The number of benzene rings is 2. The Morgan fingerprint density at radius 2 is 1.79 bits per heavy atom. The van der Waals surface area contributed by atoms with Gasteiger partial charge in [-0.05, 0) is 67.6 Å². The Kier molecular flexibility index (Phi) is 7.55. The van der Waals surface area contributed by atoms with Crippen LogP contribution in [0.15, 0.2) is 42.5 Å². The minimum atomic E-state index is -1.06. The summed E-state index contributed by atoms with van der Waals surface area (Å²) in [5, 5.41) is 27.5. The monoisotopic (exact) mass is 436 g/mol. The summed E-state index contributed by atoms with van der Waals surface area (Å²) in [6, 6.07) is 12.3. The van der Waals surface area contributed by atoms with Crippen LogP contribution in [0.4, 0.5) is 0 Å². The van der Waals surface area contributed by atoms with Crippen LogP contribution in [0.1, 0.15) is 25.3 Å². The van der Waals surface area contributed by atoms with Crippen molar-refractivity contribution in [3.05, 3.63) is 58.1 Å². The molecule has 0 bridgehead atoms. The molecule has 3 unspecified atom stereocenters. The van der Waals surface area contributed by atoms with Crippen LogP contribution < -0.4 is 10.6 Å². The van der Waals surface area contributed by atoms with Gasteiger partial charge in [0, 0.05) is 10.0 Å². The van der Waals surface area contributed by atoms with E-state index in [1.165, 1.54) is 6.92 Å². The number of nitrogens with one attached hydrogen (secondary N) is 2. The lowest BCUT2D eigenvalue weighted by Gasteiger charge is -2.27. The van der Waals surface area contributed by atoms with Gasteiger partial charge in [0.2, 0.25) is 5.91 Å². The van der Waals surface area contributed by atoms with Crippen molar-refractivity contribution in [1.82, 2.24) is 10.6 Å². The minimum absolute atomic E-state index is 0.141. The molecular weight excluding hydrogens is 411 g/mol. The number of rotatable bonds is 7. The molecule has 0 radical (unpaired) electrons. The minimum Gasteiger partial charge on any atom is -0.391 e. The van der Waals surface area contributed by atoms with Gasteiger partial charge in [0.25, 0.3) is 0 Å². The van der Waals surface area contributed by atoms with Crippen LogP contribution in [0, 0.1) is 0 Å². The fourth-order valence-corrected chi connectivity index (χ4v) is 4.12. The van der Waals surface area contributed by atoms with Crippen LogP contribution in [0.2, 0.25) is 10.0 Å². The van der Waals surface area contributed by atoms with Gasteiger partial charge in [-0.1, -0.05) is 47.5 Å². The molecule has 1 saturated heterocycles. The van der Waals surface area contributed by atoms with E-state index in [0.29, 0.717) is 16.5 Å². The highest BCUT2D eigenvalue weighted by molar-refractivity contribution is 6.35. The molecule has 0 aliphatic carbocycles. The Hall–Kier alpha value is -1.63. The van der Waals surface area contributed by atoms with Gasteiger partial charge in [0.1, 0.15) is 6.10 Å². The third-order valence-corrected chi connectivity index (χ3v) is 5.65. The maximum absolute atomic E-state index is 12.5. The van der Waals surface area contributed by atoms with E-state index in [1.807, 2.05) is 36.4 Å². The number of aliphatic hydroxyl groups is 2. The van der Waals surface area contributed by atoms with Crippen molar-refractivity contribution in [3.63, 3.8) is 0 Å². The second-order valence-corrected chi connectivity index (χ2v) is 8.43. The molecule has 2 aromatic rings. The fraction of sp³-hybridized carbons (Fsp3) is 0.409. The van der Waals surface area contributed by atoms with Gasteiger partial charge in [0.15, 0.2) is 0 Å². The zero-order valence-electron chi connectivity index (χ0n) is 16.2. The first-order chi connectivity index (χ1) is 13.8. The highest BCUT2D eigenvalue weighted by Crippen LogP contribution is 2.27. The van der Waals surface area contributed by atoms with Crippen LogP contribution in [0.5, 0.6) is 0 Å². The molecule has 0 spiro atoms. The van der Waals surface area contributed by atoms with Crippen LogP contribution in [0.25, 0.3) is 11.1 Å². The van der Waals surface area contributed by atoms with Crippen molar-refractivity contribution < 1.29 is 15.0 Å². The smallest absolute Gasteiger partial charge is 0.237 e. The van der Waals surface area contributed by atoms with Gasteiger partial charge in [-0.15, -0.1) is 0 Å². The first kappa shape index (κ1) is 22.1. The van der Waals surface area contributed by atoms with E-state index in [0.717, 1.165) is 36.1 Å². The zero-order valence-corrected chi connectivity index (χ0v) is 17.7. The average Bonchev–Trinajstić information content (AvgIpc) is 3.21. The zero-order chi connectivity index (χ0) is 21.0. The van der Waals surface area contributed by atoms with Gasteiger partial charge >= 0.3 is 0 Å². The Morgan fingerprint density at radius 1 is 1.14 bits per heavy atom. The van der Waals surface area contributed by atoms with Crippen LogP contribution in [-0.2, 0) is 11.2 Å². The standard InChI is InChI=1S/C22H26Cl2N2O3/c1-13(27)21(28)20(26-22(29)19-3-2-8-25-19)9-14-4-6-15(7-5-14)16-10-17(23)12-18(24)11-16/h4-7,10-13,19-21,25,27-28H,2-3,8-9H2,1H3,(H,26,29)/t13?,19-,20?,21?/m0/s1. The first-order valence-corrected chi connectivity index (χ1v) is 10.5. The highest BCUT2D eigenvalue weighted by Gasteiger charge is 2.29. The molecule has 4 atom stereocenters. The van der Waals surface area contributed by atoms with E-state index in [9.17, 15) is 15.0 Å². The number of carbonyl (C=O) groups excluding carboxylic acids is 1. The topological polar surface area (TPSA) is 81.6 Å². The summed E-state index contributed by atoms with van der Waals surface area (Å²) in [4.78, 5) is 12.5. The van der Waals surface area contributed by atoms with Gasteiger partial charge < -0.3 is 20.8 Å². The van der Waals surface area contributed by atoms with Gasteiger partial charge in [-0.2, -0.15) is 0 Å². The van der Waals surface area contributed by atoms with E-state index in [1.54, 1.807) is 6.07 Å². The molecule has 156 valence electrons. The summed E-state index contributed by atoms with van der Waals surface area (Å²) >= 11 is 12.2. The van der Waals surface area contributed by atoms with E-state index in [2.05, 4.69) is 10.6 Å². The summed E-state index contributed by atoms with van der Waals surface area (Å²) in [6.07, 6.45) is 0.120. The SMILES string of the molecule is CC(O)C(O)C(Cc1ccc(-c2cc(Cl)cc(Cl)c2)cc1)NC(=O)[C@@H]1CCCN1. The maximum Gasteiger partial charge on any atom is 0.237 e. The Morgan fingerprint density at radius 3 is 2.34 bits per heavy atom. The summed E-state index contributed by atoms with van der Waals surface area (Å²) in [5.74, 6) is -0.141. The molecule has 2 aromatic carbocycles. The lowest BCUT2D eigenvalue weighted by Crippen LogP contribution is -2.53. The van der Waals surface area contributed by atoms with Crippen LogP contribution in [0.3, 0.4) is 0 Å². The lowest BCUT2D eigenvalue weighted by atomic mass is 9.96.